The molecule has 2 N–H and O–H groups in total. The van der Waals surface area contributed by atoms with Crippen molar-refractivity contribution >= 4 is 0 Å². The van der Waals surface area contributed by atoms with E-state index in [1.165, 1.54) is 30.8 Å². The maximum Gasteiger partial charge on any atom is 0.112 e. The van der Waals surface area contributed by atoms with Gasteiger partial charge < -0.3 is 15.0 Å². The van der Waals surface area contributed by atoms with Gasteiger partial charge in [0.1, 0.15) is 5.82 Å². The first-order valence-corrected chi connectivity index (χ1v) is 6.77. The quantitative estimate of drug-likeness (QED) is 0.810. The molecule has 4 nitrogen and oxygen atoms in total. The Morgan fingerprint density at radius 3 is 2.94 bits per heavy atom. The van der Waals surface area contributed by atoms with Crippen molar-refractivity contribution in [1.29, 1.82) is 0 Å². The largest absolute Gasteiger partial charge is 0.396 e. The standard InChI is InChI=1S/C13H21N3O/c17-9-11-2-1-7-16-12(11)8-15-13(16)10-3-5-14-6-4-10/h8,10-11,14,17H,1-7,9H2. The minimum atomic E-state index is 0.261. The van der Waals surface area contributed by atoms with Crippen molar-refractivity contribution < 1.29 is 5.11 Å². The van der Waals surface area contributed by atoms with Crippen molar-refractivity contribution in [2.45, 2.75) is 44.1 Å². The number of hydrogen-bond donors (Lipinski definition) is 2. The van der Waals surface area contributed by atoms with Crippen LogP contribution in [0, 0.1) is 0 Å². The van der Waals surface area contributed by atoms with Gasteiger partial charge in [0, 0.05) is 30.3 Å². The number of fused-ring (bicyclic) bond motifs is 1. The maximum atomic E-state index is 9.41. The Bertz CT molecular complexity index is 382. The van der Waals surface area contributed by atoms with Crippen LogP contribution in [0.4, 0.5) is 0 Å². The number of imidazole rings is 1. The average molecular weight is 235 g/mol. The van der Waals surface area contributed by atoms with Crippen molar-refractivity contribution in [3.63, 3.8) is 0 Å². The van der Waals surface area contributed by atoms with Crippen molar-refractivity contribution in [3.05, 3.63) is 17.7 Å². The Morgan fingerprint density at radius 2 is 2.18 bits per heavy atom. The molecular formula is C13H21N3O. The summed E-state index contributed by atoms with van der Waals surface area (Å²) in [6.45, 7) is 3.56. The van der Waals surface area contributed by atoms with E-state index in [9.17, 15) is 5.11 Å². The van der Waals surface area contributed by atoms with Gasteiger partial charge in [-0.3, -0.25) is 0 Å². The van der Waals surface area contributed by atoms with Crippen molar-refractivity contribution in [2.24, 2.45) is 0 Å². The van der Waals surface area contributed by atoms with E-state index in [1.807, 2.05) is 6.20 Å². The van der Waals surface area contributed by atoms with Gasteiger partial charge in [-0.2, -0.15) is 0 Å². The number of nitrogens with zero attached hydrogens (tertiary/aromatic N) is 2. The molecule has 1 fully saturated rings. The van der Waals surface area contributed by atoms with E-state index in [4.69, 9.17) is 0 Å². The smallest absolute Gasteiger partial charge is 0.112 e. The van der Waals surface area contributed by atoms with E-state index < -0.39 is 0 Å². The predicted octanol–water partition coefficient (Wildman–Crippen LogP) is 1.22. The second-order valence-corrected chi connectivity index (χ2v) is 5.24. The Balaban J connectivity index is 1.88. The highest BCUT2D eigenvalue weighted by Gasteiger charge is 2.26. The third-order valence-corrected chi connectivity index (χ3v) is 4.19. The summed E-state index contributed by atoms with van der Waals surface area (Å²) in [7, 11) is 0. The highest BCUT2D eigenvalue weighted by molar-refractivity contribution is 5.16. The number of aliphatic hydroxyl groups excluding tert-OH is 1. The van der Waals surface area contributed by atoms with Crippen LogP contribution < -0.4 is 5.32 Å². The van der Waals surface area contributed by atoms with Gasteiger partial charge >= 0.3 is 0 Å². The fourth-order valence-corrected chi connectivity index (χ4v) is 3.21. The van der Waals surface area contributed by atoms with Gasteiger partial charge in [0.2, 0.25) is 0 Å². The van der Waals surface area contributed by atoms with E-state index in [-0.39, 0.29) is 6.61 Å². The molecule has 1 aromatic rings. The average Bonchev–Trinajstić information content (AvgIpc) is 2.83. The lowest BCUT2D eigenvalue weighted by Gasteiger charge is -2.27. The second-order valence-electron chi connectivity index (χ2n) is 5.24. The van der Waals surface area contributed by atoms with Crippen LogP contribution in [-0.4, -0.2) is 34.4 Å². The molecule has 1 unspecified atom stereocenters. The summed E-state index contributed by atoms with van der Waals surface area (Å²) < 4.78 is 2.38. The van der Waals surface area contributed by atoms with Gasteiger partial charge in [-0.05, 0) is 38.8 Å². The SMILES string of the molecule is OCC1CCCn2c1cnc2C1CCNCC1. The topological polar surface area (TPSA) is 50.1 Å². The van der Waals surface area contributed by atoms with Crippen LogP contribution in [0.25, 0.3) is 0 Å². The minimum absolute atomic E-state index is 0.261. The zero-order valence-electron chi connectivity index (χ0n) is 10.2. The molecule has 1 saturated heterocycles. The number of aromatic nitrogens is 2. The van der Waals surface area contributed by atoms with Crippen LogP contribution in [0.2, 0.25) is 0 Å². The summed E-state index contributed by atoms with van der Waals surface area (Å²) in [4.78, 5) is 4.64. The summed E-state index contributed by atoms with van der Waals surface area (Å²) in [5, 5.41) is 12.8. The molecule has 0 bridgehead atoms. The molecule has 0 saturated carbocycles. The van der Waals surface area contributed by atoms with Gasteiger partial charge in [-0.25, -0.2) is 4.98 Å². The number of piperidine rings is 1. The number of nitrogens with one attached hydrogen (secondary N) is 1. The Morgan fingerprint density at radius 1 is 1.35 bits per heavy atom. The Kier molecular flexibility index (Phi) is 3.16. The molecule has 17 heavy (non-hydrogen) atoms. The van der Waals surface area contributed by atoms with E-state index in [0.29, 0.717) is 11.8 Å². The molecule has 2 aliphatic rings. The van der Waals surface area contributed by atoms with Crippen LogP contribution >= 0.6 is 0 Å². The normalized spacial score (nSPS) is 25.8. The first-order valence-electron chi connectivity index (χ1n) is 6.77. The molecule has 0 amide bonds. The molecule has 94 valence electrons. The lowest BCUT2D eigenvalue weighted by atomic mass is 9.95. The van der Waals surface area contributed by atoms with Crippen LogP contribution in [0.15, 0.2) is 6.20 Å². The van der Waals surface area contributed by atoms with Gasteiger partial charge in [0.15, 0.2) is 0 Å². The molecule has 0 spiro atoms. The highest BCUT2D eigenvalue weighted by Crippen LogP contribution is 2.32. The van der Waals surface area contributed by atoms with Crippen molar-refractivity contribution in [2.75, 3.05) is 19.7 Å². The molecule has 1 atom stereocenters. The Hall–Kier alpha value is -0.870. The molecular weight excluding hydrogens is 214 g/mol. The number of rotatable bonds is 2. The minimum Gasteiger partial charge on any atom is -0.396 e. The second kappa shape index (κ2) is 4.78. The van der Waals surface area contributed by atoms with Gasteiger partial charge in [0.25, 0.3) is 0 Å². The van der Waals surface area contributed by atoms with E-state index in [2.05, 4.69) is 14.9 Å². The summed E-state index contributed by atoms with van der Waals surface area (Å²) >= 11 is 0. The number of hydrogen-bond acceptors (Lipinski definition) is 3. The van der Waals surface area contributed by atoms with E-state index >= 15 is 0 Å². The van der Waals surface area contributed by atoms with Crippen molar-refractivity contribution in [1.82, 2.24) is 14.9 Å². The van der Waals surface area contributed by atoms with Crippen LogP contribution in [0.1, 0.15) is 49.0 Å². The molecule has 2 aliphatic heterocycles. The highest BCUT2D eigenvalue weighted by atomic mass is 16.3. The lowest BCUT2D eigenvalue weighted by molar-refractivity contribution is 0.239. The van der Waals surface area contributed by atoms with E-state index in [0.717, 1.165) is 26.1 Å². The summed E-state index contributed by atoms with van der Waals surface area (Å²) in [5.41, 5.74) is 1.26. The molecule has 3 heterocycles. The zero-order valence-corrected chi connectivity index (χ0v) is 10.2. The molecule has 0 aromatic carbocycles. The monoisotopic (exact) mass is 235 g/mol. The summed E-state index contributed by atoms with van der Waals surface area (Å²) in [6, 6.07) is 0. The van der Waals surface area contributed by atoms with Crippen LogP contribution in [-0.2, 0) is 6.54 Å². The van der Waals surface area contributed by atoms with Crippen molar-refractivity contribution in [3.8, 4) is 0 Å². The van der Waals surface area contributed by atoms with Gasteiger partial charge in [0.05, 0.1) is 6.61 Å². The third kappa shape index (κ3) is 2.00. The first-order chi connectivity index (χ1) is 8.40. The van der Waals surface area contributed by atoms with E-state index in [1.54, 1.807) is 0 Å². The predicted molar refractivity (Wildman–Crippen MR) is 66.1 cm³/mol. The fraction of sp³-hybridized carbons (Fsp3) is 0.769. The van der Waals surface area contributed by atoms with Crippen LogP contribution in [0.5, 0.6) is 0 Å². The summed E-state index contributed by atoms with van der Waals surface area (Å²) in [6.07, 6.45) is 6.66. The molecule has 0 aliphatic carbocycles. The van der Waals surface area contributed by atoms with Gasteiger partial charge in [-0.1, -0.05) is 0 Å². The maximum absolute atomic E-state index is 9.41. The molecule has 4 heteroatoms. The first kappa shape index (κ1) is 11.2. The molecule has 3 rings (SSSR count). The summed E-state index contributed by atoms with van der Waals surface area (Å²) in [5.74, 6) is 2.19. The fourth-order valence-electron chi connectivity index (χ4n) is 3.21. The molecule has 0 radical (unpaired) electrons. The third-order valence-electron chi connectivity index (χ3n) is 4.19. The van der Waals surface area contributed by atoms with Gasteiger partial charge in [-0.15, -0.1) is 0 Å². The lowest BCUT2D eigenvalue weighted by Crippen LogP contribution is -2.29. The zero-order chi connectivity index (χ0) is 11.7. The molecule has 1 aromatic heterocycles. The number of aliphatic hydroxyl groups is 1. The Labute approximate surface area is 102 Å². The van der Waals surface area contributed by atoms with Crippen LogP contribution in [0.3, 0.4) is 0 Å².